The summed E-state index contributed by atoms with van der Waals surface area (Å²) in [6.07, 6.45) is 1.43. The van der Waals surface area contributed by atoms with Crippen LogP contribution in [-0.4, -0.2) is 17.6 Å². The number of furan rings is 1. The molecule has 0 amide bonds. The molecule has 0 fully saturated rings. The Hall–Kier alpha value is -1.75. The maximum Gasteiger partial charge on any atom is 0.376 e. The highest BCUT2D eigenvalue weighted by Gasteiger charge is 2.25. The number of hydrogen-bond donors (Lipinski definition) is 0. The molecule has 102 valence electrons. The Balaban J connectivity index is 2.46. The van der Waals surface area contributed by atoms with Crippen LogP contribution in [0.1, 0.15) is 42.9 Å². The van der Waals surface area contributed by atoms with Crippen LogP contribution in [0.15, 0.2) is 21.2 Å². The molecule has 2 aromatic heterocycles. The zero-order valence-electron chi connectivity index (χ0n) is 10.9. The molecule has 2 rings (SSSR count). The van der Waals surface area contributed by atoms with Crippen molar-refractivity contribution in [2.45, 2.75) is 26.7 Å². The van der Waals surface area contributed by atoms with Gasteiger partial charge in [0.05, 0.1) is 24.1 Å². The SMILES string of the molecule is CCOC(=O)c1oc(-c2ccoc2Cl)nc1C(C)C. The number of rotatable bonds is 4. The number of nitrogens with zero attached hydrogens (tertiary/aromatic N) is 1. The fourth-order valence-electron chi connectivity index (χ4n) is 1.63. The third-order valence-electron chi connectivity index (χ3n) is 2.51. The van der Waals surface area contributed by atoms with Gasteiger partial charge in [-0.25, -0.2) is 9.78 Å². The smallest absolute Gasteiger partial charge is 0.376 e. The number of oxazole rings is 1. The lowest BCUT2D eigenvalue weighted by Gasteiger charge is -2.02. The normalized spacial score (nSPS) is 11.0. The predicted octanol–water partition coefficient (Wildman–Crippen LogP) is 3.89. The third-order valence-corrected chi connectivity index (χ3v) is 2.80. The van der Waals surface area contributed by atoms with Crippen LogP contribution in [-0.2, 0) is 4.74 Å². The molecule has 0 N–H and O–H groups in total. The molecular formula is C13H14ClNO4. The standard InChI is InChI=1S/C13H14ClNO4/c1-4-17-13(16)10-9(7(2)3)15-12(19-10)8-5-6-18-11(8)14/h5-7H,4H2,1-3H3. The van der Waals surface area contributed by atoms with Crippen molar-refractivity contribution < 1.29 is 18.4 Å². The molecule has 0 aliphatic rings. The number of carbonyl (C=O) groups is 1. The molecule has 0 aliphatic carbocycles. The molecule has 5 nitrogen and oxygen atoms in total. The van der Waals surface area contributed by atoms with Gasteiger partial charge in [-0.3, -0.25) is 0 Å². The molecule has 0 saturated carbocycles. The molecule has 0 atom stereocenters. The third kappa shape index (κ3) is 2.66. The number of aromatic nitrogens is 1. The second-order valence-electron chi connectivity index (χ2n) is 4.22. The van der Waals surface area contributed by atoms with Gasteiger partial charge < -0.3 is 13.6 Å². The molecule has 6 heteroatoms. The minimum atomic E-state index is -0.524. The van der Waals surface area contributed by atoms with Crippen LogP contribution < -0.4 is 0 Å². The first-order valence-corrected chi connectivity index (χ1v) is 6.33. The molecule has 0 spiro atoms. The summed E-state index contributed by atoms with van der Waals surface area (Å²) in [5.74, 6) is -0.123. The van der Waals surface area contributed by atoms with E-state index >= 15 is 0 Å². The van der Waals surface area contributed by atoms with Crippen molar-refractivity contribution in [3.05, 3.63) is 29.0 Å². The Bertz CT molecular complexity index is 585. The highest BCUT2D eigenvalue weighted by molar-refractivity contribution is 6.31. The van der Waals surface area contributed by atoms with Gasteiger partial charge in [-0.1, -0.05) is 13.8 Å². The van der Waals surface area contributed by atoms with Crippen molar-refractivity contribution in [1.82, 2.24) is 4.98 Å². The van der Waals surface area contributed by atoms with Gasteiger partial charge in [0.15, 0.2) is 0 Å². The fourth-order valence-corrected chi connectivity index (χ4v) is 1.82. The molecular weight excluding hydrogens is 270 g/mol. The largest absolute Gasteiger partial charge is 0.460 e. The summed E-state index contributed by atoms with van der Waals surface area (Å²) < 4.78 is 15.4. The van der Waals surface area contributed by atoms with E-state index in [4.69, 9.17) is 25.2 Å². The lowest BCUT2D eigenvalue weighted by atomic mass is 10.1. The quantitative estimate of drug-likeness (QED) is 0.797. The van der Waals surface area contributed by atoms with E-state index in [-0.39, 0.29) is 29.4 Å². The lowest BCUT2D eigenvalue weighted by molar-refractivity contribution is 0.0488. The Morgan fingerprint density at radius 2 is 2.26 bits per heavy atom. The number of ether oxygens (including phenoxy) is 1. The first kappa shape index (κ1) is 13.7. The maximum absolute atomic E-state index is 11.8. The molecule has 0 unspecified atom stereocenters. The van der Waals surface area contributed by atoms with E-state index < -0.39 is 5.97 Å². The summed E-state index contributed by atoms with van der Waals surface area (Å²) in [4.78, 5) is 16.1. The zero-order valence-corrected chi connectivity index (χ0v) is 11.7. The lowest BCUT2D eigenvalue weighted by Crippen LogP contribution is -2.07. The Labute approximate surface area is 115 Å². The number of hydrogen-bond acceptors (Lipinski definition) is 5. The van der Waals surface area contributed by atoms with E-state index in [1.807, 2.05) is 13.8 Å². The molecule has 0 aliphatic heterocycles. The van der Waals surface area contributed by atoms with Crippen LogP contribution in [0.5, 0.6) is 0 Å². The number of halogens is 1. The number of carbonyl (C=O) groups excluding carboxylic acids is 1. The van der Waals surface area contributed by atoms with E-state index in [0.29, 0.717) is 11.3 Å². The summed E-state index contributed by atoms with van der Waals surface area (Å²) in [6, 6.07) is 1.63. The van der Waals surface area contributed by atoms with Crippen LogP contribution >= 0.6 is 11.6 Å². The predicted molar refractivity (Wildman–Crippen MR) is 69.3 cm³/mol. The summed E-state index contributed by atoms with van der Waals surface area (Å²) >= 11 is 5.87. The highest BCUT2D eigenvalue weighted by Crippen LogP contribution is 2.32. The van der Waals surface area contributed by atoms with Gasteiger partial charge in [0.1, 0.15) is 0 Å². The van der Waals surface area contributed by atoms with E-state index in [0.717, 1.165) is 0 Å². The second-order valence-corrected chi connectivity index (χ2v) is 4.56. The first-order valence-electron chi connectivity index (χ1n) is 5.95. The van der Waals surface area contributed by atoms with Crippen molar-refractivity contribution >= 4 is 17.6 Å². The topological polar surface area (TPSA) is 65.5 Å². The molecule has 19 heavy (non-hydrogen) atoms. The van der Waals surface area contributed by atoms with Crippen LogP contribution in [0.3, 0.4) is 0 Å². The Morgan fingerprint density at radius 3 is 2.79 bits per heavy atom. The van der Waals surface area contributed by atoms with Crippen molar-refractivity contribution in [2.75, 3.05) is 6.61 Å². The highest BCUT2D eigenvalue weighted by atomic mass is 35.5. The summed E-state index contributed by atoms with van der Waals surface area (Å²) in [7, 11) is 0. The van der Waals surface area contributed by atoms with E-state index in [2.05, 4.69) is 4.98 Å². The molecule has 0 bridgehead atoms. The minimum Gasteiger partial charge on any atom is -0.460 e. The van der Waals surface area contributed by atoms with Crippen LogP contribution in [0.4, 0.5) is 0 Å². The fraction of sp³-hybridized carbons (Fsp3) is 0.385. The van der Waals surface area contributed by atoms with Gasteiger partial charge in [0.25, 0.3) is 0 Å². The van der Waals surface area contributed by atoms with Crippen LogP contribution in [0.25, 0.3) is 11.5 Å². The second kappa shape index (κ2) is 5.48. The zero-order chi connectivity index (χ0) is 14.0. The molecule has 2 heterocycles. The van der Waals surface area contributed by atoms with Gasteiger partial charge in [0, 0.05) is 0 Å². The van der Waals surface area contributed by atoms with E-state index in [1.165, 1.54) is 6.26 Å². The maximum atomic E-state index is 11.8. The average molecular weight is 284 g/mol. The first-order chi connectivity index (χ1) is 9.04. The van der Waals surface area contributed by atoms with Crippen LogP contribution in [0.2, 0.25) is 5.22 Å². The average Bonchev–Trinajstić information content (AvgIpc) is 2.94. The Kier molecular flexibility index (Phi) is 3.95. The minimum absolute atomic E-state index is 0.0302. The molecule has 2 aromatic rings. The van der Waals surface area contributed by atoms with E-state index in [9.17, 15) is 4.79 Å². The summed E-state index contributed by atoms with van der Waals surface area (Å²) in [6.45, 7) is 5.85. The van der Waals surface area contributed by atoms with Gasteiger partial charge in [-0.05, 0) is 30.5 Å². The van der Waals surface area contributed by atoms with Gasteiger partial charge in [-0.15, -0.1) is 0 Å². The van der Waals surface area contributed by atoms with Crippen molar-refractivity contribution in [3.8, 4) is 11.5 Å². The van der Waals surface area contributed by atoms with Gasteiger partial charge in [-0.2, -0.15) is 0 Å². The summed E-state index contributed by atoms with van der Waals surface area (Å²) in [5.41, 5.74) is 1.06. The number of esters is 1. The summed E-state index contributed by atoms with van der Waals surface area (Å²) in [5, 5.41) is 0.173. The van der Waals surface area contributed by atoms with Crippen molar-refractivity contribution in [3.63, 3.8) is 0 Å². The Morgan fingerprint density at radius 1 is 1.53 bits per heavy atom. The molecule has 0 saturated heterocycles. The monoisotopic (exact) mass is 283 g/mol. The molecule has 0 aromatic carbocycles. The van der Waals surface area contributed by atoms with Crippen molar-refractivity contribution in [1.29, 1.82) is 0 Å². The van der Waals surface area contributed by atoms with E-state index in [1.54, 1.807) is 13.0 Å². The molecule has 0 radical (unpaired) electrons. The van der Waals surface area contributed by atoms with Gasteiger partial charge in [0.2, 0.25) is 16.9 Å². The van der Waals surface area contributed by atoms with Crippen LogP contribution in [0, 0.1) is 0 Å². The van der Waals surface area contributed by atoms with Gasteiger partial charge >= 0.3 is 5.97 Å². The van der Waals surface area contributed by atoms with Crippen molar-refractivity contribution in [2.24, 2.45) is 0 Å².